The Morgan fingerprint density at radius 2 is 1.86 bits per heavy atom. The van der Waals surface area contributed by atoms with E-state index >= 15 is 0 Å². The van der Waals surface area contributed by atoms with E-state index in [9.17, 15) is 4.39 Å². The van der Waals surface area contributed by atoms with Gasteiger partial charge >= 0.3 is 0 Å². The Kier molecular flexibility index (Phi) is 5.26. The molecule has 0 saturated carbocycles. The van der Waals surface area contributed by atoms with Crippen molar-refractivity contribution >= 4 is 5.69 Å². The molecule has 118 valence electrons. The van der Waals surface area contributed by atoms with E-state index in [1.54, 1.807) is 6.07 Å². The third kappa shape index (κ3) is 3.76. The van der Waals surface area contributed by atoms with E-state index < -0.39 is 0 Å². The summed E-state index contributed by atoms with van der Waals surface area (Å²) < 4.78 is 14.4. The minimum absolute atomic E-state index is 0.0694. The molecule has 3 heteroatoms. The van der Waals surface area contributed by atoms with Crippen molar-refractivity contribution in [3.05, 3.63) is 29.6 Å². The molecule has 1 aliphatic heterocycles. The molecular formula is C18H29FN2. The highest BCUT2D eigenvalue weighted by Crippen LogP contribution is 2.39. The van der Waals surface area contributed by atoms with Crippen molar-refractivity contribution in [3.63, 3.8) is 0 Å². The first-order valence-electron chi connectivity index (χ1n) is 8.28. The lowest BCUT2D eigenvalue weighted by Crippen LogP contribution is -2.40. The van der Waals surface area contributed by atoms with E-state index in [4.69, 9.17) is 5.73 Å². The summed E-state index contributed by atoms with van der Waals surface area (Å²) in [6.07, 6.45) is 5.52. The van der Waals surface area contributed by atoms with Crippen molar-refractivity contribution in [2.24, 2.45) is 11.1 Å². The minimum Gasteiger partial charge on any atom is -0.369 e. The molecule has 1 heterocycles. The van der Waals surface area contributed by atoms with Crippen molar-refractivity contribution in [2.45, 2.75) is 58.9 Å². The Bertz CT molecular complexity index is 456. The first-order valence-corrected chi connectivity index (χ1v) is 8.28. The van der Waals surface area contributed by atoms with Gasteiger partial charge in [0, 0.05) is 19.1 Å². The molecule has 0 amide bonds. The van der Waals surface area contributed by atoms with Crippen LogP contribution in [0.4, 0.5) is 10.1 Å². The van der Waals surface area contributed by atoms with Crippen LogP contribution in [-0.4, -0.2) is 19.1 Å². The average molecular weight is 292 g/mol. The Morgan fingerprint density at radius 3 is 2.33 bits per heavy atom. The molecule has 0 radical (unpaired) electrons. The number of halogens is 1. The highest BCUT2D eigenvalue weighted by atomic mass is 19.1. The second-order valence-corrected chi connectivity index (χ2v) is 6.66. The molecule has 0 aromatic heterocycles. The van der Waals surface area contributed by atoms with E-state index in [0.717, 1.165) is 30.8 Å². The smallest absolute Gasteiger partial charge is 0.146 e. The lowest BCUT2D eigenvalue weighted by molar-refractivity contribution is 0.199. The Balaban J connectivity index is 2.07. The number of anilines is 1. The van der Waals surface area contributed by atoms with E-state index in [-0.39, 0.29) is 11.9 Å². The van der Waals surface area contributed by atoms with Gasteiger partial charge < -0.3 is 10.6 Å². The van der Waals surface area contributed by atoms with Crippen LogP contribution in [0.25, 0.3) is 0 Å². The van der Waals surface area contributed by atoms with Crippen molar-refractivity contribution in [2.75, 3.05) is 18.0 Å². The zero-order chi connectivity index (χ0) is 15.5. The summed E-state index contributed by atoms with van der Waals surface area (Å²) in [5, 5.41) is 0. The number of benzene rings is 1. The molecule has 2 rings (SSSR count). The van der Waals surface area contributed by atoms with Gasteiger partial charge in [0.2, 0.25) is 0 Å². The maximum absolute atomic E-state index is 14.4. The standard InChI is InChI=1S/C18H29FN2/c1-4-18(5-2)8-10-21(11-9-18)17-7-6-15(12-14(3)20)13-16(17)19/h6-7,13-14H,4-5,8-12,20H2,1-3H3. The number of hydrogen-bond donors (Lipinski definition) is 1. The molecule has 1 aromatic carbocycles. The molecule has 1 saturated heterocycles. The number of rotatable bonds is 5. The van der Waals surface area contributed by atoms with Crippen LogP contribution < -0.4 is 10.6 Å². The summed E-state index contributed by atoms with van der Waals surface area (Å²) in [5.41, 5.74) is 8.00. The van der Waals surface area contributed by atoms with Crippen LogP contribution in [0.5, 0.6) is 0 Å². The second-order valence-electron chi connectivity index (χ2n) is 6.66. The van der Waals surface area contributed by atoms with Crippen molar-refractivity contribution < 1.29 is 4.39 Å². The summed E-state index contributed by atoms with van der Waals surface area (Å²) in [6, 6.07) is 5.67. The molecule has 1 aromatic rings. The second kappa shape index (κ2) is 6.78. The Labute approximate surface area is 128 Å². The van der Waals surface area contributed by atoms with Gasteiger partial charge in [-0.2, -0.15) is 0 Å². The number of nitrogens with zero attached hydrogens (tertiary/aromatic N) is 1. The van der Waals surface area contributed by atoms with Crippen LogP contribution in [0.3, 0.4) is 0 Å². The Morgan fingerprint density at radius 1 is 1.24 bits per heavy atom. The quantitative estimate of drug-likeness (QED) is 0.884. The van der Waals surface area contributed by atoms with Crippen LogP contribution >= 0.6 is 0 Å². The van der Waals surface area contributed by atoms with Crippen LogP contribution in [0.15, 0.2) is 18.2 Å². The lowest BCUT2D eigenvalue weighted by Gasteiger charge is -2.42. The van der Waals surface area contributed by atoms with E-state index in [0.29, 0.717) is 5.41 Å². The maximum Gasteiger partial charge on any atom is 0.146 e. The molecule has 0 aliphatic carbocycles. The zero-order valence-electron chi connectivity index (χ0n) is 13.7. The molecule has 2 nitrogen and oxygen atoms in total. The maximum atomic E-state index is 14.4. The summed E-state index contributed by atoms with van der Waals surface area (Å²) in [6.45, 7) is 8.44. The predicted molar refractivity (Wildman–Crippen MR) is 88.2 cm³/mol. The summed E-state index contributed by atoms with van der Waals surface area (Å²) in [7, 11) is 0. The highest BCUT2D eigenvalue weighted by molar-refractivity contribution is 5.49. The van der Waals surface area contributed by atoms with Crippen LogP contribution in [0.1, 0.15) is 52.0 Å². The van der Waals surface area contributed by atoms with Gasteiger partial charge in [-0.05, 0) is 49.3 Å². The van der Waals surface area contributed by atoms with Gasteiger partial charge in [0.05, 0.1) is 5.69 Å². The lowest BCUT2D eigenvalue weighted by atomic mass is 9.74. The molecular weight excluding hydrogens is 263 g/mol. The van der Waals surface area contributed by atoms with Crippen molar-refractivity contribution in [3.8, 4) is 0 Å². The predicted octanol–water partition coefficient (Wildman–Crippen LogP) is 4.12. The fraction of sp³-hybridized carbons (Fsp3) is 0.667. The number of hydrogen-bond acceptors (Lipinski definition) is 2. The van der Waals surface area contributed by atoms with Gasteiger partial charge in [0.1, 0.15) is 5.82 Å². The molecule has 0 spiro atoms. The highest BCUT2D eigenvalue weighted by Gasteiger charge is 2.31. The third-order valence-corrected chi connectivity index (χ3v) is 5.23. The first kappa shape index (κ1) is 16.3. The molecule has 1 aliphatic rings. The largest absolute Gasteiger partial charge is 0.369 e. The minimum atomic E-state index is -0.103. The molecule has 21 heavy (non-hydrogen) atoms. The van der Waals surface area contributed by atoms with Gasteiger partial charge in [-0.3, -0.25) is 0 Å². The van der Waals surface area contributed by atoms with Gasteiger partial charge in [-0.1, -0.05) is 32.8 Å². The third-order valence-electron chi connectivity index (χ3n) is 5.23. The molecule has 1 unspecified atom stereocenters. The number of piperidine rings is 1. The molecule has 1 fully saturated rings. The molecule has 1 atom stereocenters. The van der Waals surface area contributed by atoms with Crippen molar-refractivity contribution in [1.29, 1.82) is 0 Å². The number of nitrogens with two attached hydrogens (primary N) is 1. The van der Waals surface area contributed by atoms with E-state index in [1.165, 1.54) is 25.7 Å². The normalized spacial score (nSPS) is 19.6. The fourth-order valence-electron chi connectivity index (χ4n) is 3.48. The topological polar surface area (TPSA) is 29.3 Å². The van der Waals surface area contributed by atoms with Crippen LogP contribution in [0, 0.1) is 11.2 Å². The molecule has 2 N–H and O–H groups in total. The fourth-order valence-corrected chi connectivity index (χ4v) is 3.48. The van der Waals surface area contributed by atoms with Crippen LogP contribution in [0.2, 0.25) is 0 Å². The van der Waals surface area contributed by atoms with Gasteiger partial charge in [0.25, 0.3) is 0 Å². The van der Waals surface area contributed by atoms with E-state index in [2.05, 4.69) is 18.7 Å². The first-order chi connectivity index (χ1) is 9.99. The van der Waals surface area contributed by atoms with Crippen LogP contribution in [-0.2, 0) is 6.42 Å². The SMILES string of the molecule is CCC1(CC)CCN(c2ccc(CC(C)N)cc2F)CC1. The summed E-state index contributed by atoms with van der Waals surface area (Å²) in [5.74, 6) is -0.103. The summed E-state index contributed by atoms with van der Waals surface area (Å²) >= 11 is 0. The van der Waals surface area contributed by atoms with Gasteiger partial charge in [-0.15, -0.1) is 0 Å². The van der Waals surface area contributed by atoms with Gasteiger partial charge in [-0.25, -0.2) is 4.39 Å². The molecule has 0 bridgehead atoms. The monoisotopic (exact) mass is 292 g/mol. The van der Waals surface area contributed by atoms with E-state index in [1.807, 2.05) is 19.1 Å². The van der Waals surface area contributed by atoms with Gasteiger partial charge in [0.15, 0.2) is 0 Å². The Hall–Kier alpha value is -1.09. The zero-order valence-corrected chi connectivity index (χ0v) is 13.7. The summed E-state index contributed by atoms with van der Waals surface area (Å²) in [4.78, 5) is 2.20. The van der Waals surface area contributed by atoms with Crippen molar-refractivity contribution in [1.82, 2.24) is 0 Å². The average Bonchev–Trinajstić information content (AvgIpc) is 2.47.